The molecular weight excluding hydrogens is 260 g/mol. The van der Waals surface area contributed by atoms with Crippen LogP contribution >= 0.6 is 0 Å². The fourth-order valence-electron chi connectivity index (χ4n) is 1.73. The molecule has 110 valence electrons. The summed E-state index contributed by atoms with van der Waals surface area (Å²) in [5.74, 6) is -3.49. The Kier molecular flexibility index (Phi) is 5.21. The monoisotopic (exact) mass is 280 g/mol. The predicted molar refractivity (Wildman–Crippen MR) is 72.9 cm³/mol. The minimum atomic E-state index is -1.39. The molecule has 0 aliphatic heterocycles. The van der Waals surface area contributed by atoms with Gasteiger partial charge >= 0.3 is 11.9 Å². The number of carbonyl (C=O) groups is 2. The van der Waals surface area contributed by atoms with Crippen LogP contribution in [0.2, 0.25) is 0 Å². The first kappa shape index (κ1) is 16.1. The number of nitrogens with zero attached hydrogens (tertiary/aromatic N) is 1. The molecule has 2 atom stereocenters. The van der Waals surface area contributed by atoms with E-state index in [9.17, 15) is 14.7 Å². The molecule has 0 aliphatic carbocycles. The van der Waals surface area contributed by atoms with Gasteiger partial charge in [-0.3, -0.25) is 14.6 Å². The number of pyridine rings is 1. The van der Waals surface area contributed by atoms with Crippen LogP contribution in [0, 0.1) is 5.92 Å². The Morgan fingerprint density at radius 2 is 2.10 bits per heavy atom. The van der Waals surface area contributed by atoms with Crippen molar-refractivity contribution in [1.82, 2.24) is 4.98 Å². The molecule has 0 aromatic carbocycles. The molecular formula is C14H20N2O4. The highest BCUT2D eigenvalue weighted by molar-refractivity contribution is 5.95. The third-order valence-electron chi connectivity index (χ3n) is 2.55. The van der Waals surface area contributed by atoms with Crippen molar-refractivity contribution >= 4 is 11.9 Å². The van der Waals surface area contributed by atoms with Crippen molar-refractivity contribution in [1.29, 1.82) is 0 Å². The average Bonchev–Trinajstić information content (AvgIpc) is 2.26. The van der Waals surface area contributed by atoms with Gasteiger partial charge in [0.25, 0.3) is 0 Å². The van der Waals surface area contributed by atoms with Crippen LogP contribution in [0.1, 0.15) is 26.3 Å². The highest BCUT2D eigenvalue weighted by Crippen LogP contribution is 2.16. The molecule has 0 radical (unpaired) electrons. The number of ether oxygens (including phenoxy) is 1. The van der Waals surface area contributed by atoms with E-state index in [1.54, 1.807) is 45.3 Å². The van der Waals surface area contributed by atoms with Crippen LogP contribution < -0.4 is 5.73 Å². The van der Waals surface area contributed by atoms with Crippen LogP contribution in [0.25, 0.3) is 0 Å². The smallest absolute Gasteiger partial charge is 0.322 e. The van der Waals surface area contributed by atoms with E-state index in [1.165, 1.54) is 0 Å². The normalized spacial score (nSPS) is 14.4. The number of hydrogen-bond donors (Lipinski definition) is 2. The van der Waals surface area contributed by atoms with E-state index in [-0.39, 0.29) is 6.42 Å². The van der Waals surface area contributed by atoms with E-state index >= 15 is 0 Å². The Balaban J connectivity index is 2.80. The van der Waals surface area contributed by atoms with E-state index in [0.717, 1.165) is 5.56 Å². The quantitative estimate of drug-likeness (QED) is 0.616. The number of carboxylic acids is 1. The second kappa shape index (κ2) is 6.47. The van der Waals surface area contributed by atoms with Gasteiger partial charge in [-0.2, -0.15) is 0 Å². The summed E-state index contributed by atoms with van der Waals surface area (Å²) in [5.41, 5.74) is 5.88. The second-order valence-corrected chi connectivity index (χ2v) is 5.58. The van der Waals surface area contributed by atoms with Crippen molar-refractivity contribution in [2.75, 3.05) is 0 Å². The number of hydrogen-bond acceptors (Lipinski definition) is 5. The van der Waals surface area contributed by atoms with Crippen LogP contribution in [-0.2, 0) is 20.7 Å². The van der Waals surface area contributed by atoms with Crippen LogP contribution in [0.15, 0.2) is 24.5 Å². The molecule has 0 bridgehead atoms. The number of aliphatic carboxylic acids is 1. The molecule has 0 unspecified atom stereocenters. The predicted octanol–water partition coefficient (Wildman–Crippen LogP) is 0.994. The van der Waals surface area contributed by atoms with E-state index in [0.29, 0.717) is 0 Å². The molecule has 0 spiro atoms. The second-order valence-electron chi connectivity index (χ2n) is 5.58. The first-order valence-corrected chi connectivity index (χ1v) is 6.31. The Morgan fingerprint density at radius 3 is 2.55 bits per heavy atom. The molecule has 0 fully saturated rings. The summed E-state index contributed by atoms with van der Waals surface area (Å²) < 4.78 is 5.10. The summed E-state index contributed by atoms with van der Waals surface area (Å²) in [6, 6.07) is 2.64. The van der Waals surface area contributed by atoms with Crippen LogP contribution in [0.3, 0.4) is 0 Å². The zero-order valence-electron chi connectivity index (χ0n) is 11.9. The highest BCUT2D eigenvalue weighted by atomic mass is 16.6. The Labute approximate surface area is 118 Å². The summed E-state index contributed by atoms with van der Waals surface area (Å²) in [4.78, 5) is 27.1. The van der Waals surface area contributed by atoms with Crippen molar-refractivity contribution in [3.63, 3.8) is 0 Å². The first-order valence-electron chi connectivity index (χ1n) is 6.31. The molecule has 20 heavy (non-hydrogen) atoms. The van der Waals surface area contributed by atoms with E-state index in [4.69, 9.17) is 10.5 Å². The van der Waals surface area contributed by atoms with Crippen molar-refractivity contribution in [3.05, 3.63) is 30.1 Å². The van der Waals surface area contributed by atoms with Crippen LogP contribution in [-0.4, -0.2) is 33.7 Å². The molecule has 1 aromatic heterocycles. The van der Waals surface area contributed by atoms with Gasteiger partial charge in [0.05, 0.1) is 0 Å². The number of rotatable bonds is 5. The van der Waals surface area contributed by atoms with E-state index < -0.39 is 29.5 Å². The van der Waals surface area contributed by atoms with Gasteiger partial charge in [-0.1, -0.05) is 6.07 Å². The molecule has 1 heterocycles. The summed E-state index contributed by atoms with van der Waals surface area (Å²) >= 11 is 0. The summed E-state index contributed by atoms with van der Waals surface area (Å²) in [7, 11) is 0. The maximum atomic E-state index is 11.9. The molecule has 0 aliphatic rings. The van der Waals surface area contributed by atoms with Gasteiger partial charge in [-0.05, 0) is 38.8 Å². The average molecular weight is 280 g/mol. The fraction of sp³-hybridized carbons (Fsp3) is 0.500. The number of carbonyl (C=O) groups excluding carboxylic acids is 1. The van der Waals surface area contributed by atoms with Gasteiger partial charge in [-0.25, -0.2) is 0 Å². The van der Waals surface area contributed by atoms with Crippen molar-refractivity contribution in [2.45, 2.75) is 38.8 Å². The number of aromatic nitrogens is 1. The van der Waals surface area contributed by atoms with Crippen LogP contribution in [0.4, 0.5) is 0 Å². The zero-order chi connectivity index (χ0) is 15.3. The number of nitrogens with two attached hydrogens (primary N) is 1. The topological polar surface area (TPSA) is 103 Å². The lowest BCUT2D eigenvalue weighted by molar-refractivity contribution is -0.167. The van der Waals surface area contributed by atoms with E-state index in [1.807, 2.05) is 0 Å². The first-order chi connectivity index (χ1) is 9.20. The largest absolute Gasteiger partial charge is 0.481 e. The third-order valence-corrected chi connectivity index (χ3v) is 2.55. The molecule has 0 saturated carbocycles. The minimum absolute atomic E-state index is 0.240. The minimum Gasteiger partial charge on any atom is -0.481 e. The number of esters is 1. The Morgan fingerprint density at radius 1 is 1.45 bits per heavy atom. The third kappa shape index (κ3) is 4.97. The van der Waals surface area contributed by atoms with Gasteiger partial charge in [0, 0.05) is 18.4 Å². The lowest BCUT2D eigenvalue weighted by atomic mass is 9.94. The maximum Gasteiger partial charge on any atom is 0.322 e. The highest BCUT2D eigenvalue weighted by Gasteiger charge is 2.36. The summed E-state index contributed by atoms with van der Waals surface area (Å²) in [6.45, 7) is 5.03. The summed E-state index contributed by atoms with van der Waals surface area (Å²) in [5, 5.41) is 9.19. The fourth-order valence-corrected chi connectivity index (χ4v) is 1.73. The lowest BCUT2D eigenvalue weighted by Crippen LogP contribution is -2.45. The van der Waals surface area contributed by atoms with Crippen molar-refractivity contribution < 1.29 is 19.4 Å². The molecule has 1 rings (SSSR count). The molecule has 6 nitrogen and oxygen atoms in total. The molecule has 3 N–H and O–H groups in total. The van der Waals surface area contributed by atoms with Gasteiger partial charge in [0.2, 0.25) is 0 Å². The van der Waals surface area contributed by atoms with Crippen molar-refractivity contribution in [3.8, 4) is 0 Å². The van der Waals surface area contributed by atoms with Gasteiger partial charge in [0.1, 0.15) is 5.60 Å². The Hall–Kier alpha value is -1.95. The maximum absolute atomic E-state index is 11.9. The molecule has 0 amide bonds. The van der Waals surface area contributed by atoms with E-state index in [2.05, 4.69) is 4.98 Å². The Bertz CT molecular complexity index is 468. The summed E-state index contributed by atoms with van der Waals surface area (Å²) in [6.07, 6.45) is 3.44. The lowest BCUT2D eigenvalue weighted by Gasteiger charge is -2.25. The number of carboxylic acid groups (broad SMARTS) is 1. The van der Waals surface area contributed by atoms with Gasteiger partial charge in [0.15, 0.2) is 5.92 Å². The SMILES string of the molecule is CC(C)(C)OC(=O)[C@H](C(=O)O)[C@@H](N)Cc1cccnc1. The zero-order valence-corrected chi connectivity index (χ0v) is 11.9. The van der Waals surface area contributed by atoms with Gasteiger partial charge in [-0.15, -0.1) is 0 Å². The molecule has 1 aromatic rings. The molecule has 0 saturated heterocycles. The molecule has 6 heteroatoms. The van der Waals surface area contributed by atoms with Crippen LogP contribution in [0.5, 0.6) is 0 Å². The van der Waals surface area contributed by atoms with Gasteiger partial charge < -0.3 is 15.6 Å². The standard InChI is InChI=1S/C14H20N2O4/c1-14(2,3)20-13(19)11(12(17)18)10(15)7-9-5-4-6-16-8-9/h4-6,8,10-11H,7,15H2,1-3H3,(H,17,18)/t10-,11-/m0/s1. The van der Waals surface area contributed by atoms with Crippen molar-refractivity contribution in [2.24, 2.45) is 11.7 Å².